The van der Waals surface area contributed by atoms with Crippen LogP contribution in [0.2, 0.25) is 18.6 Å². The SMILES string of the molecule is CC1CC2C(CC1C)C([Si](C)(C)[N-]c1ccccc1)C1SC3CCCCC3C21.[CH3-].[Cl][Ti][Cl]. The molecule has 0 bridgehead atoms. The molecular weight excluding hydrogens is 505 g/mol. The molecule has 5 rings (SSSR count). The molecule has 1 aliphatic heterocycles. The first-order chi connectivity index (χ1) is 14.9. The predicted molar refractivity (Wildman–Crippen MR) is 144 cm³/mol. The van der Waals surface area contributed by atoms with Crippen molar-refractivity contribution < 1.29 is 17.0 Å². The van der Waals surface area contributed by atoms with Gasteiger partial charge in [-0.25, -0.2) is 0 Å². The second-order valence-electron chi connectivity index (χ2n) is 11.1. The van der Waals surface area contributed by atoms with E-state index < -0.39 is 25.3 Å². The minimum absolute atomic E-state index is 0. The van der Waals surface area contributed by atoms with E-state index in [1.807, 2.05) is 0 Å². The van der Waals surface area contributed by atoms with Crippen molar-refractivity contribution in [3.63, 3.8) is 0 Å². The zero-order valence-electron chi connectivity index (χ0n) is 20.4. The Kier molecular flexibility index (Phi) is 10.1. The summed E-state index contributed by atoms with van der Waals surface area (Å²) in [6.07, 6.45) is 8.97. The number of rotatable bonds is 3. The Bertz CT molecular complexity index is 723. The molecule has 0 radical (unpaired) electrons. The molecule has 32 heavy (non-hydrogen) atoms. The Labute approximate surface area is 219 Å². The first kappa shape index (κ1) is 27.5. The summed E-state index contributed by atoms with van der Waals surface area (Å²) in [6, 6.07) is 10.9. The number of hydrogen-bond acceptors (Lipinski definition) is 1. The fraction of sp³-hybridized carbons (Fsp3) is 0.731. The monoisotopic (exact) mass is 545 g/mol. The van der Waals surface area contributed by atoms with Crippen molar-refractivity contribution in [2.75, 3.05) is 0 Å². The minimum atomic E-state index is -1.72. The summed E-state index contributed by atoms with van der Waals surface area (Å²) in [5, 5.41) is 1.89. The van der Waals surface area contributed by atoms with Crippen molar-refractivity contribution in [3.8, 4) is 0 Å². The summed E-state index contributed by atoms with van der Waals surface area (Å²) in [4.78, 5) is 5.51. The molecule has 1 aromatic rings. The third kappa shape index (κ3) is 5.49. The van der Waals surface area contributed by atoms with Crippen molar-refractivity contribution in [1.29, 1.82) is 0 Å². The van der Waals surface area contributed by atoms with Gasteiger partial charge in [0.05, 0.1) is 0 Å². The second kappa shape index (κ2) is 11.7. The van der Waals surface area contributed by atoms with Gasteiger partial charge in [0.25, 0.3) is 0 Å². The quantitative estimate of drug-likeness (QED) is 0.272. The van der Waals surface area contributed by atoms with E-state index in [0.29, 0.717) is 0 Å². The Morgan fingerprint density at radius 1 is 0.938 bits per heavy atom. The summed E-state index contributed by atoms with van der Waals surface area (Å²) < 4.78 is 0. The fourth-order valence-corrected chi connectivity index (χ4v) is 14.6. The van der Waals surface area contributed by atoms with Gasteiger partial charge in [0.15, 0.2) is 0 Å². The van der Waals surface area contributed by atoms with E-state index in [-0.39, 0.29) is 7.43 Å². The first-order valence-electron chi connectivity index (χ1n) is 12.3. The van der Waals surface area contributed by atoms with Crippen LogP contribution in [-0.2, 0) is 17.0 Å². The average Bonchev–Trinajstić information content (AvgIpc) is 3.24. The van der Waals surface area contributed by atoms with Gasteiger partial charge in [-0.1, -0.05) is 70.1 Å². The van der Waals surface area contributed by atoms with Gasteiger partial charge in [0.2, 0.25) is 0 Å². The van der Waals surface area contributed by atoms with E-state index in [1.54, 1.807) is 0 Å². The molecule has 1 aromatic carbocycles. The summed E-state index contributed by atoms with van der Waals surface area (Å²) in [6.45, 7) is 10.3. The van der Waals surface area contributed by atoms with Gasteiger partial charge in [-0.2, -0.15) is 11.8 Å². The summed E-state index contributed by atoms with van der Waals surface area (Å²) in [5.41, 5.74) is 2.12. The second-order valence-corrected chi connectivity index (χ2v) is 19.3. The van der Waals surface area contributed by atoms with Crippen LogP contribution in [0.5, 0.6) is 0 Å². The predicted octanol–water partition coefficient (Wildman–Crippen LogP) is 9.70. The number of thioether (sulfide) groups is 1. The van der Waals surface area contributed by atoms with Crippen LogP contribution in [0.15, 0.2) is 30.3 Å². The van der Waals surface area contributed by atoms with Crippen LogP contribution >= 0.6 is 30.4 Å². The van der Waals surface area contributed by atoms with Crippen LogP contribution in [0.3, 0.4) is 0 Å². The van der Waals surface area contributed by atoms with Crippen LogP contribution in [0.1, 0.15) is 52.4 Å². The van der Waals surface area contributed by atoms with E-state index in [2.05, 4.69) is 69.0 Å². The molecule has 4 fully saturated rings. The number of fused-ring (bicyclic) bond motifs is 5. The number of hydrogen-bond donors (Lipinski definition) is 0. The van der Waals surface area contributed by atoms with E-state index in [0.717, 1.165) is 51.5 Å². The molecule has 180 valence electrons. The zero-order valence-corrected chi connectivity index (χ0v) is 25.3. The first-order valence-corrected chi connectivity index (χ1v) is 20.5. The Hall–Kier alpha value is 0.881. The maximum absolute atomic E-state index is 5.51. The molecule has 1 saturated heterocycles. The topological polar surface area (TPSA) is 14.1 Å². The van der Waals surface area contributed by atoms with Gasteiger partial charge in [0, 0.05) is 10.5 Å². The van der Waals surface area contributed by atoms with Crippen molar-refractivity contribution in [1.82, 2.24) is 0 Å². The Balaban J connectivity index is 0.000000686. The van der Waals surface area contributed by atoms with E-state index in [4.69, 9.17) is 23.6 Å². The molecule has 3 saturated carbocycles. The Morgan fingerprint density at radius 3 is 2.19 bits per heavy atom. The molecule has 0 aromatic heterocycles. The van der Waals surface area contributed by atoms with Gasteiger partial charge in [0.1, 0.15) is 0 Å². The molecule has 9 unspecified atom stereocenters. The van der Waals surface area contributed by atoms with Crippen LogP contribution in [0.25, 0.3) is 4.98 Å². The summed E-state index contributed by atoms with van der Waals surface area (Å²) in [5.74, 6) is 5.81. The fourth-order valence-electron chi connectivity index (χ4n) is 7.76. The molecule has 0 N–H and O–H groups in total. The number of halogens is 2. The van der Waals surface area contributed by atoms with E-state index in [1.165, 1.54) is 44.2 Å². The summed E-state index contributed by atoms with van der Waals surface area (Å²) in [7, 11) is 8.06. The van der Waals surface area contributed by atoms with E-state index in [9.17, 15) is 0 Å². The molecule has 0 spiro atoms. The van der Waals surface area contributed by atoms with Crippen LogP contribution < -0.4 is 0 Å². The molecule has 4 aliphatic rings. The average molecular weight is 547 g/mol. The third-order valence-corrected chi connectivity index (χ3v) is 14.4. The number of benzene rings is 1. The van der Waals surface area contributed by atoms with Crippen LogP contribution in [0.4, 0.5) is 5.69 Å². The van der Waals surface area contributed by atoms with Crippen molar-refractivity contribution in [2.24, 2.45) is 35.5 Å². The zero-order chi connectivity index (χ0) is 22.2. The molecule has 1 heterocycles. The van der Waals surface area contributed by atoms with Crippen molar-refractivity contribution in [2.45, 2.75) is 81.5 Å². The number of nitrogens with zero attached hydrogens (tertiary/aromatic N) is 1. The molecule has 9 atom stereocenters. The molecule has 6 heteroatoms. The summed E-state index contributed by atoms with van der Waals surface area (Å²) >= 11 is 1.90. The van der Waals surface area contributed by atoms with Gasteiger partial charge in [-0.15, -0.1) is 5.69 Å². The van der Waals surface area contributed by atoms with Crippen LogP contribution in [-0.4, -0.2) is 18.7 Å². The van der Waals surface area contributed by atoms with Crippen molar-refractivity contribution in [3.05, 3.63) is 42.7 Å². The molecule has 1 nitrogen and oxygen atoms in total. The van der Waals surface area contributed by atoms with E-state index >= 15 is 0 Å². The third-order valence-electron chi connectivity index (χ3n) is 9.07. The van der Waals surface area contributed by atoms with Crippen LogP contribution in [0, 0.1) is 42.9 Å². The molecule has 0 amide bonds. The van der Waals surface area contributed by atoms with Gasteiger partial charge < -0.3 is 12.4 Å². The molecular formula is C26H41Cl2NSSiTi-2. The standard InChI is InChI=1S/C25H38NSSi.CH3.2ClH.Ti/c1-16-14-20-21(15-17(16)2)25(28(3,4)26-18-10-6-5-7-11-18)24-23(20)19-12-8-9-13-22(19)27-24;;;;/h5-7,10-11,16-17,19-25H,8-9,12-15H2,1-4H3;1H3;2*1H;/q2*-1;;;+2/p-2. The normalized spacial score (nSPS) is 40.0. The van der Waals surface area contributed by atoms with Gasteiger partial charge >= 0.3 is 35.6 Å². The van der Waals surface area contributed by atoms with Crippen molar-refractivity contribution >= 4 is 44.3 Å². The van der Waals surface area contributed by atoms with Gasteiger partial charge in [-0.05, 0) is 75.0 Å². The van der Waals surface area contributed by atoms with Gasteiger partial charge in [-0.3, -0.25) is 0 Å². The maximum atomic E-state index is 5.51. The molecule has 3 aliphatic carbocycles. The Morgan fingerprint density at radius 2 is 1.53 bits per heavy atom.